The largest absolute Gasteiger partial charge is 0.436 e. The zero-order valence-electron chi connectivity index (χ0n) is 10.5. The van der Waals surface area contributed by atoms with E-state index >= 15 is 0 Å². The van der Waals surface area contributed by atoms with E-state index in [1.54, 1.807) is 0 Å². The molecule has 0 spiro atoms. The van der Waals surface area contributed by atoms with Gasteiger partial charge in [-0.1, -0.05) is 37.9 Å². The van der Waals surface area contributed by atoms with Gasteiger partial charge in [0.15, 0.2) is 5.58 Å². The Morgan fingerprint density at radius 1 is 1.00 bits per heavy atom. The summed E-state index contributed by atoms with van der Waals surface area (Å²) in [6, 6.07) is 10.1. The van der Waals surface area contributed by atoms with Crippen molar-refractivity contribution in [2.24, 2.45) is 0 Å². The third-order valence-electron chi connectivity index (χ3n) is 3.07. The summed E-state index contributed by atoms with van der Waals surface area (Å²) in [6.45, 7) is 4.10. The van der Waals surface area contributed by atoms with Crippen LogP contribution in [0.1, 0.15) is 11.1 Å². The summed E-state index contributed by atoms with van der Waals surface area (Å²) >= 11 is 7.10. The third kappa shape index (κ3) is 2.35. The summed E-state index contributed by atoms with van der Waals surface area (Å²) in [5.41, 5.74) is 5.00. The van der Waals surface area contributed by atoms with Gasteiger partial charge in [-0.05, 0) is 49.2 Å². The van der Waals surface area contributed by atoms with Gasteiger partial charge in [-0.25, -0.2) is 4.98 Å². The van der Waals surface area contributed by atoms with Gasteiger partial charge in [-0.3, -0.25) is 0 Å². The summed E-state index contributed by atoms with van der Waals surface area (Å²) in [5, 5.41) is 0. The molecule has 0 saturated carbocycles. The molecule has 0 unspecified atom stereocenters. The normalized spacial score (nSPS) is 11.2. The van der Waals surface area contributed by atoms with E-state index < -0.39 is 0 Å². The lowest BCUT2D eigenvalue weighted by molar-refractivity contribution is 0.619. The fraction of sp³-hybridized carbons (Fsp3) is 0.133. The highest BCUT2D eigenvalue weighted by atomic mass is 79.9. The standard InChI is InChI=1S/C15H11Br2NO/c1-8-3-4-14-13(5-8)18-15(19-14)10-6-11(16)9(2)12(17)7-10/h3-7H,1-2H3. The number of aromatic nitrogens is 1. The first-order valence-electron chi connectivity index (χ1n) is 5.88. The van der Waals surface area contributed by atoms with Crippen LogP contribution in [0.5, 0.6) is 0 Å². The summed E-state index contributed by atoms with van der Waals surface area (Å²) < 4.78 is 7.88. The van der Waals surface area contributed by atoms with Crippen LogP contribution in [0.2, 0.25) is 0 Å². The Morgan fingerprint density at radius 2 is 1.68 bits per heavy atom. The molecule has 0 fully saturated rings. The molecule has 1 aromatic heterocycles. The number of benzene rings is 2. The average Bonchev–Trinajstić information content (AvgIpc) is 2.78. The molecule has 19 heavy (non-hydrogen) atoms. The van der Waals surface area contributed by atoms with Gasteiger partial charge in [0.2, 0.25) is 5.89 Å². The van der Waals surface area contributed by atoms with Crippen molar-refractivity contribution in [3.63, 3.8) is 0 Å². The van der Waals surface area contributed by atoms with E-state index in [1.807, 2.05) is 44.2 Å². The summed E-state index contributed by atoms with van der Waals surface area (Å²) in [6.07, 6.45) is 0. The van der Waals surface area contributed by atoms with E-state index in [-0.39, 0.29) is 0 Å². The fourth-order valence-corrected chi connectivity index (χ4v) is 3.12. The predicted octanol–water partition coefficient (Wildman–Crippen LogP) is 5.64. The van der Waals surface area contributed by atoms with Crippen LogP contribution in [0, 0.1) is 13.8 Å². The van der Waals surface area contributed by atoms with Crippen molar-refractivity contribution in [2.75, 3.05) is 0 Å². The molecular formula is C15H11Br2NO. The van der Waals surface area contributed by atoms with Crippen LogP contribution in [0.3, 0.4) is 0 Å². The Labute approximate surface area is 128 Å². The Hall–Kier alpha value is -1.13. The minimum atomic E-state index is 0.641. The molecule has 0 aliphatic rings. The molecule has 0 aliphatic carbocycles. The molecular weight excluding hydrogens is 370 g/mol. The molecule has 0 N–H and O–H groups in total. The van der Waals surface area contributed by atoms with Crippen molar-refractivity contribution in [1.82, 2.24) is 4.98 Å². The van der Waals surface area contributed by atoms with Crippen molar-refractivity contribution in [3.05, 3.63) is 50.4 Å². The van der Waals surface area contributed by atoms with Crippen molar-refractivity contribution in [1.29, 1.82) is 0 Å². The molecule has 96 valence electrons. The lowest BCUT2D eigenvalue weighted by atomic mass is 10.1. The van der Waals surface area contributed by atoms with Gasteiger partial charge >= 0.3 is 0 Å². The molecule has 0 atom stereocenters. The number of halogens is 2. The molecule has 3 rings (SSSR count). The Bertz CT molecular complexity index is 754. The van der Waals surface area contributed by atoms with Crippen LogP contribution in [0.25, 0.3) is 22.6 Å². The number of hydrogen-bond donors (Lipinski definition) is 0. The molecule has 2 nitrogen and oxygen atoms in total. The van der Waals surface area contributed by atoms with E-state index in [0.717, 1.165) is 31.2 Å². The first-order valence-corrected chi connectivity index (χ1v) is 7.46. The zero-order chi connectivity index (χ0) is 13.6. The molecule has 0 bridgehead atoms. The molecule has 4 heteroatoms. The molecule has 0 amide bonds. The fourth-order valence-electron chi connectivity index (χ4n) is 1.93. The summed E-state index contributed by atoms with van der Waals surface area (Å²) in [5.74, 6) is 0.641. The average molecular weight is 381 g/mol. The highest BCUT2D eigenvalue weighted by Crippen LogP contribution is 2.32. The maximum absolute atomic E-state index is 5.81. The van der Waals surface area contributed by atoms with Crippen LogP contribution < -0.4 is 0 Å². The molecule has 2 aromatic carbocycles. The molecule has 0 radical (unpaired) electrons. The first-order chi connectivity index (χ1) is 9.04. The number of oxazole rings is 1. The number of hydrogen-bond acceptors (Lipinski definition) is 2. The van der Waals surface area contributed by atoms with Gasteiger partial charge in [0.05, 0.1) is 0 Å². The SMILES string of the molecule is Cc1ccc2oc(-c3cc(Br)c(C)c(Br)c3)nc2c1. The number of rotatable bonds is 1. The van der Waals surface area contributed by atoms with E-state index in [0.29, 0.717) is 5.89 Å². The second-order valence-electron chi connectivity index (χ2n) is 4.56. The first kappa shape index (κ1) is 12.9. The van der Waals surface area contributed by atoms with Crippen LogP contribution in [-0.4, -0.2) is 4.98 Å². The van der Waals surface area contributed by atoms with Crippen molar-refractivity contribution in [3.8, 4) is 11.5 Å². The van der Waals surface area contributed by atoms with E-state index in [1.165, 1.54) is 5.56 Å². The van der Waals surface area contributed by atoms with Gasteiger partial charge in [-0.15, -0.1) is 0 Å². The monoisotopic (exact) mass is 379 g/mol. The number of aryl methyl sites for hydroxylation is 1. The highest BCUT2D eigenvalue weighted by Gasteiger charge is 2.11. The quantitative estimate of drug-likeness (QED) is 0.546. The minimum absolute atomic E-state index is 0.641. The lowest BCUT2D eigenvalue weighted by Crippen LogP contribution is -1.83. The number of nitrogens with zero attached hydrogens (tertiary/aromatic N) is 1. The zero-order valence-corrected chi connectivity index (χ0v) is 13.7. The van der Waals surface area contributed by atoms with Crippen molar-refractivity contribution in [2.45, 2.75) is 13.8 Å². The van der Waals surface area contributed by atoms with E-state index in [4.69, 9.17) is 4.42 Å². The van der Waals surface area contributed by atoms with Crippen LogP contribution in [-0.2, 0) is 0 Å². The summed E-state index contributed by atoms with van der Waals surface area (Å²) in [7, 11) is 0. The predicted molar refractivity (Wildman–Crippen MR) is 84.3 cm³/mol. The van der Waals surface area contributed by atoms with Crippen LogP contribution in [0.15, 0.2) is 43.7 Å². The lowest BCUT2D eigenvalue weighted by Gasteiger charge is -2.03. The maximum Gasteiger partial charge on any atom is 0.227 e. The smallest absolute Gasteiger partial charge is 0.227 e. The topological polar surface area (TPSA) is 26.0 Å². The van der Waals surface area contributed by atoms with Gasteiger partial charge in [0.1, 0.15) is 5.52 Å². The molecule has 1 heterocycles. The molecule has 3 aromatic rings. The molecule has 0 aliphatic heterocycles. The molecule has 0 saturated heterocycles. The second-order valence-corrected chi connectivity index (χ2v) is 6.26. The number of fused-ring (bicyclic) bond motifs is 1. The maximum atomic E-state index is 5.81. The van der Waals surface area contributed by atoms with Crippen molar-refractivity contribution < 1.29 is 4.42 Å². The van der Waals surface area contributed by atoms with Gasteiger partial charge in [0.25, 0.3) is 0 Å². The Kier molecular flexibility index (Phi) is 3.23. The highest BCUT2D eigenvalue weighted by molar-refractivity contribution is 9.11. The minimum Gasteiger partial charge on any atom is -0.436 e. The van der Waals surface area contributed by atoms with Crippen molar-refractivity contribution >= 4 is 43.0 Å². The second kappa shape index (κ2) is 4.76. The van der Waals surface area contributed by atoms with Gasteiger partial charge < -0.3 is 4.42 Å². The van der Waals surface area contributed by atoms with Crippen LogP contribution >= 0.6 is 31.9 Å². The van der Waals surface area contributed by atoms with E-state index in [9.17, 15) is 0 Å². The Balaban J connectivity index is 2.19. The van der Waals surface area contributed by atoms with Gasteiger partial charge in [0, 0.05) is 14.5 Å². The Morgan fingerprint density at radius 3 is 2.37 bits per heavy atom. The van der Waals surface area contributed by atoms with Gasteiger partial charge in [-0.2, -0.15) is 0 Å². The van der Waals surface area contributed by atoms with E-state index in [2.05, 4.69) is 36.8 Å². The third-order valence-corrected chi connectivity index (χ3v) is 4.72. The van der Waals surface area contributed by atoms with Crippen LogP contribution in [0.4, 0.5) is 0 Å². The summed E-state index contributed by atoms with van der Waals surface area (Å²) in [4.78, 5) is 4.55.